The van der Waals surface area contributed by atoms with Crippen molar-refractivity contribution in [2.75, 3.05) is 5.32 Å². The molecule has 108 valence electrons. The second kappa shape index (κ2) is 5.61. The second-order valence-electron chi connectivity index (χ2n) is 4.65. The van der Waals surface area contributed by atoms with Crippen molar-refractivity contribution in [1.82, 2.24) is 0 Å². The molecule has 1 aromatic heterocycles. The first-order valence-corrected chi connectivity index (χ1v) is 6.39. The molecule has 5 heteroatoms. The van der Waals surface area contributed by atoms with Gasteiger partial charge in [-0.15, -0.1) is 0 Å². The number of anilines is 1. The number of hydrogen-bond acceptors (Lipinski definition) is 2. The molecule has 0 spiro atoms. The molecule has 0 fully saturated rings. The molecule has 20 heavy (non-hydrogen) atoms. The van der Waals surface area contributed by atoms with Gasteiger partial charge in [-0.05, 0) is 43.2 Å². The largest absolute Gasteiger partial charge is 0.467 e. The molecule has 0 aliphatic rings. The van der Waals surface area contributed by atoms with Crippen LogP contribution in [0.25, 0.3) is 0 Å². The molecule has 0 amide bonds. The van der Waals surface area contributed by atoms with Crippen LogP contribution in [0.15, 0.2) is 41.0 Å². The van der Waals surface area contributed by atoms with Gasteiger partial charge in [-0.1, -0.05) is 13.0 Å². The molecular formula is C15H16F3NO. The number of benzene rings is 1. The summed E-state index contributed by atoms with van der Waals surface area (Å²) in [5.74, 6) is 0.710. The Hall–Kier alpha value is -1.91. The van der Waals surface area contributed by atoms with Gasteiger partial charge in [0, 0.05) is 5.69 Å². The Morgan fingerprint density at radius 3 is 2.55 bits per heavy atom. The van der Waals surface area contributed by atoms with Gasteiger partial charge in [-0.3, -0.25) is 0 Å². The van der Waals surface area contributed by atoms with Gasteiger partial charge in [0.25, 0.3) is 0 Å². The number of furan rings is 1. The molecule has 0 radical (unpaired) electrons. The van der Waals surface area contributed by atoms with E-state index in [0.717, 1.165) is 6.07 Å². The van der Waals surface area contributed by atoms with E-state index in [0.29, 0.717) is 17.9 Å². The van der Waals surface area contributed by atoms with Gasteiger partial charge in [0.15, 0.2) is 0 Å². The molecule has 0 aliphatic heterocycles. The summed E-state index contributed by atoms with van der Waals surface area (Å²) in [6, 6.07) is 7.68. The van der Waals surface area contributed by atoms with E-state index in [1.54, 1.807) is 24.5 Å². The summed E-state index contributed by atoms with van der Waals surface area (Å²) >= 11 is 0. The van der Waals surface area contributed by atoms with Crippen molar-refractivity contribution in [3.05, 3.63) is 53.5 Å². The summed E-state index contributed by atoms with van der Waals surface area (Å²) in [5.41, 5.74) is 0.0390. The lowest BCUT2D eigenvalue weighted by molar-refractivity contribution is -0.138. The van der Waals surface area contributed by atoms with Crippen LogP contribution in [0.1, 0.15) is 36.3 Å². The van der Waals surface area contributed by atoms with Gasteiger partial charge in [0.2, 0.25) is 0 Å². The summed E-state index contributed by atoms with van der Waals surface area (Å²) in [6.45, 7) is 3.40. The summed E-state index contributed by atoms with van der Waals surface area (Å²) < 4.78 is 43.9. The number of halogens is 3. The van der Waals surface area contributed by atoms with Gasteiger partial charge in [-0.25, -0.2) is 0 Å². The monoisotopic (exact) mass is 283 g/mol. The normalized spacial score (nSPS) is 13.2. The molecule has 1 aromatic carbocycles. The average molecular weight is 283 g/mol. The van der Waals surface area contributed by atoms with E-state index >= 15 is 0 Å². The second-order valence-corrected chi connectivity index (χ2v) is 4.65. The Balaban J connectivity index is 2.25. The number of alkyl halides is 3. The maximum absolute atomic E-state index is 12.9. The van der Waals surface area contributed by atoms with E-state index in [1.807, 2.05) is 6.92 Å². The van der Waals surface area contributed by atoms with E-state index in [9.17, 15) is 13.2 Å². The highest BCUT2D eigenvalue weighted by Crippen LogP contribution is 2.34. The molecule has 1 heterocycles. The lowest BCUT2D eigenvalue weighted by Crippen LogP contribution is -2.12. The molecule has 2 aromatic rings. The predicted octanol–water partition coefficient (Wildman–Crippen LogP) is 5.17. The Kier molecular flexibility index (Phi) is 4.06. The molecule has 2 rings (SSSR count). The third-order valence-electron chi connectivity index (χ3n) is 3.18. The van der Waals surface area contributed by atoms with Crippen LogP contribution in [0.2, 0.25) is 0 Å². The summed E-state index contributed by atoms with van der Waals surface area (Å²) in [4.78, 5) is 0. The smallest absolute Gasteiger partial charge is 0.416 e. The standard InChI is InChI=1S/C15H16F3NO/c1-3-13(14-5-4-8-20-14)19-11-7-6-10(2)12(9-11)15(16,17)18/h4-9,13,19H,3H2,1-2H3. The fraction of sp³-hybridized carbons (Fsp3) is 0.333. The van der Waals surface area contributed by atoms with Gasteiger partial charge in [-0.2, -0.15) is 13.2 Å². The highest BCUT2D eigenvalue weighted by Gasteiger charge is 2.32. The third kappa shape index (κ3) is 3.15. The van der Waals surface area contributed by atoms with Crippen molar-refractivity contribution in [3.8, 4) is 0 Å². The van der Waals surface area contributed by atoms with Crippen LogP contribution in [0.5, 0.6) is 0 Å². The Morgan fingerprint density at radius 2 is 2.00 bits per heavy atom. The molecule has 0 bridgehead atoms. The molecule has 1 N–H and O–H groups in total. The maximum atomic E-state index is 12.9. The first kappa shape index (κ1) is 14.5. The zero-order valence-electron chi connectivity index (χ0n) is 11.3. The van der Waals surface area contributed by atoms with Crippen LogP contribution in [0.4, 0.5) is 18.9 Å². The Morgan fingerprint density at radius 1 is 1.25 bits per heavy atom. The summed E-state index contributed by atoms with van der Waals surface area (Å²) in [7, 11) is 0. The van der Waals surface area contributed by atoms with Gasteiger partial charge in [0.05, 0.1) is 17.9 Å². The molecular weight excluding hydrogens is 267 g/mol. The van der Waals surface area contributed by atoms with Crippen molar-refractivity contribution in [2.24, 2.45) is 0 Å². The number of hydrogen-bond donors (Lipinski definition) is 1. The van der Waals surface area contributed by atoms with Gasteiger partial charge >= 0.3 is 6.18 Å². The van der Waals surface area contributed by atoms with Crippen LogP contribution in [-0.2, 0) is 6.18 Å². The first-order chi connectivity index (χ1) is 9.41. The SMILES string of the molecule is CCC(Nc1ccc(C)c(C(F)(F)F)c1)c1ccco1. The third-order valence-corrected chi connectivity index (χ3v) is 3.18. The molecule has 2 nitrogen and oxygen atoms in total. The van der Waals surface area contributed by atoms with Gasteiger partial charge in [0.1, 0.15) is 5.76 Å². The number of aryl methyl sites for hydroxylation is 1. The Labute approximate surface area is 115 Å². The number of rotatable bonds is 4. The van der Waals surface area contributed by atoms with E-state index in [1.165, 1.54) is 13.0 Å². The lowest BCUT2D eigenvalue weighted by Gasteiger charge is -2.18. The van der Waals surface area contributed by atoms with Crippen molar-refractivity contribution in [2.45, 2.75) is 32.5 Å². The highest BCUT2D eigenvalue weighted by molar-refractivity contribution is 5.50. The van der Waals surface area contributed by atoms with E-state index < -0.39 is 11.7 Å². The summed E-state index contributed by atoms with van der Waals surface area (Å²) in [6.07, 6.45) is -2.08. The predicted molar refractivity (Wildman–Crippen MR) is 71.5 cm³/mol. The van der Waals surface area contributed by atoms with Crippen molar-refractivity contribution >= 4 is 5.69 Å². The van der Waals surface area contributed by atoms with Crippen molar-refractivity contribution in [1.29, 1.82) is 0 Å². The zero-order chi connectivity index (χ0) is 14.8. The van der Waals surface area contributed by atoms with E-state index in [4.69, 9.17) is 4.42 Å². The minimum Gasteiger partial charge on any atom is -0.467 e. The summed E-state index contributed by atoms with van der Waals surface area (Å²) in [5, 5.41) is 3.08. The first-order valence-electron chi connectivity index (χ1n) is 6.39. The number of nitrogens with one attached hydrogen (secondary N) is 1. The fourth-order valence-electron chi connectivity index (χ4n) is 2.08. The van der Waals surface area contributed by atoms with Crippen LogP contribution in [-0.4, -0.2) is 0 Å². The molecule has 1 unspecified atom stereocenters. The highest BCUT2D eigenvalue weighted by atomic mass is 19.4. The molecule has 1 atom stereocenters. The maximum Gasteiger partial charge on any atom is 0.416 e. The minimum absolute atomic E-state index is 0.145. The molecule has 0 aliphatic carbocycles. The van der Waals surface area contributed by atoms with Crippen LogP contribution in [0, 0.1) is 6.92 Å². The topological polar surface area (TPSA) is 25.2 Å². The van der Waals surface area contributed by atoms with Crippen molar-refractivity contribution in [3.63, 3.8) is 0 Å². The van der Waals surface area contributed by atoms with Crippen molar-refractivity contribution < 1.29 is 17.6 Å². The van der Waals surface area contributed by atoms with E-state index in [-0.39, 0.29) is 11.6 Å². The van der Waals surface area contributed by atoms with Gasteiger partial charge < -0.3 is 9.73 Å². The molecule has 0 saturated carbocycles. The fourth-order valence-corrected chi connectivity index (χ4v) is 2.08. The van der Waals surface area contributed by atoms with E-state index in [2.05, 4.69) is 5.32 Å². The molecule has 0 saturated heterocycles. The van der Waals surface area contributed by atoms with Crippen LogP contribution >= 0.6 is 0 Å². The zero-order valence-corrected chi connectivity index (χ0v) is 11.3. The Bertz CT molecular complexity index is 561. The quantitative estimate of drug-likeness (QED) is 0.837. The van der Waals surface area contributed by atoms with Crippen LogP contribution < -0.4 is 5.32 Å². The van der Waals surface area contributed by atoms with Crippen LogP contribution in [0.3, 0.4) is 0 Å². The lowest BCUT2D eigenvalue weighted by atomic mass is 10.1. The average Bonchev–Trinajstić information content (AvgIpc) is 2.90. The minimum atomic E-state index is -4.34.